The molecule has 1 amide bonds. The molecule has 0 heterocycles. The highest BCUT2D eigenvalue weighted by molar-refractivity contribution is 7.91. The van der Waals surface area contributed by atoms with Gasteiger partial charge in [-0.15, -0.1) is 0 Å². The van der Waals surface area contributed by atoms with E-state index in [2.05, 4.69) is 5.32 Å². The minimum absolute atomic E-state index is 0.0522. The molecule has 0 saturated carbocycles. The van der Waals surface area contributed by atoms with Gasteiger partial charge in [0.1, 0.15) is 5.60 Å². The lowest BCUT2D eigenvalue weighted by Gasteiger charge is -2.19. The number of hydrogen-bond donors (Lipinski definition) is 2. The van der Waals surface area contributed by atoms with Gasteiger partial charge in [-0.2, -0.15) is 0 Å². The monoisotopic (exact) mass is 267 g/mol. The number of carbonyl (C=O) groups is 1. The molecule has 0 aliphatic rings. The van der Waals surface area contributed by atoms with Crippen molar-refractivity contribution in [3.05, 3.63) is 0 Å². The Bertz CT molecular complexity index is 331. The molecule has 0 unspecified atom stereocenters. The molecule has 102 valence electrons. The molecule has 0 aliphatic carbocycles. The number of alkyl carbamates (subject to hydrolysis) is 1. The van der Waals surface area contributed by atoms with Crippen molar-refractivity contribution in [2.24, 2.45) is 0 Å². The molecule has 0 radical (unpaired) electrons. The fourth-order valence-corrected chi connectivity index (χ4v) is 2.10. The standard InChI is InChI=1S/C10H21NO5S/c1-10(2,3)16-9(13)11-5-4-7-17(14,15)8-6-12/h12H,4-8H2,1-3H3,(H,11,13). The van der Waals surface area contributed by atoms with Crippen LogP contribution in [0.1, 0.15) is 27.2 Å². The first-order chi connectivity index (χ1) is 7.66. The summed E-state index contributed by atoms with van der Waals surface area (Å²) in [5.41, 5.74) is -0.562. The van der Waals surface area contributed by atoms with Crippen molar-refractivity contribution in [2.45, 2.75) is 32.8 Å². The molecule has 0 aromatic carbocycles. The number of aliphatic hydroxyl groups is 1. The van der Waals surface area contributed by atoms with Gasteiger partial charge in [-0.3, -0.25) is 0 Å². The Morgan fingerprint density at radius 2 is 1.88 bits per heavy atom. The summed E-state index contributed by atoms with van der Waals surface area (Å²) in [6.07, 6.45) is -0.251. The largest absolute Gasteiger partial charge is 0.444 e. The molecule has 6 nitrogen and oxygen atoms in total. The molecule has 7 heteroatoms. The van der Waals surface area contributed by atoms with E-state index in [-0.39, 0.29) is 24.7 Å². The molecule has 0 aromatic heterocycles. The third-order valence-corrected chi connectivity index (χ3v) is 3.42. The van der Waals surface area contributed by atoms with Gasteiger partial charge in [0.25, 0.3) is 0 Å². The van der Waals surface area contributed by atoms with E-state index in [1.165, 1.54) is 0 Å². The van der Waals surface area contributed by atoms with Crippen molar-refractivity contribution in [2.75, 3.05) is 24.7 Å². The van der Waals surface area contributed by atoms with Crippen LogP contribution in [-0.2, 0) is 14.6 Å². The third-order valence-electron chi connectivity index (χ3n) is 1.70. The van der Waals surface area contributed by atoms with E-state index in [0.29, 0.717) is 6.42 Å². The smallest absolute Gasteiger partial charge is 0.407 e. The van der Waals surface area contributed by atoms with Crippen LogP contribution in [0.4, 0.5) is 4.79 Å². The number of aliphatic hydroxyl groups excluding tert-OH is 1. The molecule has 0 fully saturated rings. The molecule has 0 aliphatic heterocycles. The van der Waals surface area contributed by atoms with E-state index < -0.39 is 21.5 Å². The van der Waals surface area contributed by atoms with Crippen molar-refractivity contribution >= 4 is 15.9 Å². The van der Waals surface area contributed by atoms with Crippen LogP contribution in [0, 0.1) is 0 Å². The predicted molar refractivity (Wildman–Crippen MR) is 64.6 cm³/mol. The maximum Gasteiger partial charge on any atom is 0.407 e. The van der Waals surface area contributed by atoms with Crippen LogP contribution in [0.3, 0.4) is 0 Å². The highest BCUT2D eigenvalue weighted by Gasteiger charge is 2.16. The first kappa shape index (κ1) is 16.2. The molecule has 0 spiro atoms. The van der Waals surface area contributed by atoms with Crippen LogP contribution in [0.5, 0.6) is 0 Å². The van der Waals surface area contributed by atoms with Gasteiger partial charge < -0.3 is 15.2 Å². The number of sulfone groups is 1. The first-order valence-electron chi connectivity index (χ1n) is 5.44. The molecule has 0 bridgehead atoms. The van der Waals surface area contributed by atoms with Crippen molar-refractivity contribution in [3.8, 4) is 0 Å². The van der Waals surface area contributed by atoms with Gasteiger partial charge in [0, 0.05) is 6.54 Å². The van der Waals surface area contributed by atoms with Gasteiger partial charge in [0.15, 0.2) is 9.84 Å². The lowest BCUT2D eigenvalue weighted by atomic mass is 10.2. The maximum absolute atomic E-state index is 11.2. The quantitative estimate of drug-likeness (QED) is 0.676. The number of hydrogen-bond acceptors (Lipinski definition) is 5. The van der Waals surface area contributed by atoms with E-state index >= 15 is 0 Å². The van der Waals surface area contributed by atoms with Crippen molar-refractivity contribution < 1.29 is 23.1 Å². The molecule has 0 atom stereocenters. The van der Waals surface area contributed by atoms with Gasteiger partial charge in [-0.05, 0) is 27.2 Å². The van der Waals surface area contributed by atoms with E-state index in [1.807, 2.05) is 0 Å². The lowest BCUT2D eigenvalue weighted by molar-refractivity contribution is 0.0528. The van der Waals surface area contributed by atoms with Crippen LogP contribution in [0.2, 0.25) is 0 Å². The average molecular weight is 267 g/mol. The summed E-state index contributed by atoms with van der Waals surface area (Å²) in [4.78, 5) is 11.2. The van der Waals surface area contributed by atoms with Crippen LogP contribution >= 0.6 is 0 Å². The van der Waals surface area contributed by atoms with E-state index in [0.717, 1.165) is 0 Å². The predicted octanol–water partition coefficient (Wildman–Crippen LogP) is 0.308. The van der Waals surface area contributed by atoms with Gasteiger partial charge in [-0.25, -0.2) is 13.2 Å². The Hall–Kier alpha value is -0.820. The second kappa shape index (κ2) is 6.80. The van der Waals surface area contributed by atoms with Crippen molar-refractivity contribution in [3.63, 3.8) is 0 Å². The van der Waals surface area contributed by atoms with Crippen molar-refractivity contribution in [1.29, 1.82) is 0 Å². The number of carbonyl (C=O) groups excluding carboxylic acids is 1. The molecule has 0 aromatic rings. The van der Waals surface area contributed by atoms with Crippen molar-refractivity contribution in [1.82, 2.24) is 5.32 Å². The number of ether oxygens (including phenoxy) is 1. The van der Waals surface area contributed by atoms with E-state index in [1.54, 1.807) is 20.8 Å². The fraction of sp³-hybridized carbons (Fsp3) is 0.900. The second-order valence-corrected chi connectivity index (χ2v) is 6.96. The average Bonchev–Trinajstić information content (AvgIpc) is 2.09. The van der Waals surface area contributed by atoms with E-state index in [4.69, 9.17) is 9.84 Å². The van der Waals surface area contributed by atoms with E-state index in [9.17, 15) is 13.2 Å². The van der Waals surface area contributed by atoms with Crippen LogP contribution in [0.25, 0.3) is 0 Å². The Morgan fingerprint density at radius 3 is 2.35 bits per heavy atom. The topological polar surface area (TPSA) is 92.7 Å². The van der Waals surface area contributed by atoms with Gasteiger partial charge in [-0.1, -0.05) is 0 Å². The SMILES string of the molecule is CC(C)(C)OC(=O)NCCCS(=O)(=O)CCO. The molecule has 0 rings (SSSR count). The zero-order valence-electron chi connectivity index (χ0n) is 10.5. The number of amides is 1. The second-order valence-electron chi connectivity index (χ2n) is 4.66. The highest BCUT2D eigenvalue weighted by Crippen LogP contribution is 2.06. The summed E-state index contributed by atoms with van der Waals surface area (Å²) in [6.45, 7) is 5.11. The lowest BCUT2D eigenvalue weighted by Crippen LogP contribution is -2.33. The van der Waals surface area contributed by atoms with Crippen LogP contribution < -0.4 is 5.32 Å². The minimum atomic E-state index is -3.21. The fourth-order valence-electron chi connectivity index (χ4n) is 1.04. The number of rotatable bonds is 6. The maximum atomic E-state index is 11.2. The van der Waals surface area contributed by atoms with Crippen LogP contribution in [0.15, 0.2) is 0 Å². The summed E-state index contributed by atoms with van der Waals surface area (Å²) >= 11 is 0. The third kappa shape index (κ3) is 10.1. The molecular weight excluding hydrogens is 246 g/mol. The summed E-state index contributed by atoms with van der Waals surface area (Å²) in [5.74, 6) is -0.289. The van der Waals surface area contributed by atoms with Crippen LogP contribution in [-0.4, -0.2) is 49.9 Å². The number of nitrogens with one attached hydrogen (secondary N) is 1. The summed E-state index contributed by atoms with van der Waals surface area (Å²) in [7, 11) is -3.21. The van der Waals surface area contributed by atoms with Gasteiger partial charge >= 0.3 is 6.09 Å². The van der Waals surface area contributed by atoms with Gasteiger partial charge in [0.05, 0.1) is 18.1 Å². The Morgan fingerprint density at radius 1 is 1.29 bits per heavy atom. The Kier molecular flexibility index (Phi) is 6.48. The normalized spacial score (nSPS) is 12.2. The molecule has 2 N–H and O–H groups in total. The zero-order valence-corrected chi connectivity index (χ0v) is 11.3. The molecule has 17 heavy (non-hydrogen) atoms. The first-order valence-corrected chi connectivity index (χ1v) is 7.26. The summed E-state index contributed by atoms with van der Waals surface area (Å²) < 4.78 is 27.4. The Balaban J connectivity index is 3.76. The van der Waals surface area contributed by atoms with Gasteiger partial charge in [0.2, 0.25) is 0 Å². The zero-order chi connectivity index (χ0) is 13.5. The highest BCUT2D eigenvalue weighted by atomic mass is 32.2. The minimum Gasteiger partial charge on any atom is -0.444 e. The summed E-state index contributed by atoms with van der Waals surface area (Å²) in [6, 6.07) is 0. The Labute approximate surface area is 102 Å². The molecular formula is C10H21NO5S. The molecule has 0 saturated heterocycles. The summed E-state index contributed by atoms with van der Waals surface area (Å²) in [5, 5.41) is 11.0.